The molecular formula is C20H23N3O3. The van der Waals surface area contributed by atoms with Gasteiger partial charge in [-0.15, -0.1) is 0 Å². The zero-order valence-electron chi connectivity index (χ0n) is 14.9. The number of piperidine rings is 1. The van der Waals surface area contributed by atoms with Crippen LogP contribution >= 0.6 is 0 Å². The summed E-state index contributed by atoms with van der Waals surface area (Å²) in [5, 5.41) is 2.96. The summed E-state index contributed by atoms with van der Waals surface area (Å²) in [6.45, 7) is 3.42. The van der Waals surface area contributed by atoms with E-state index in [0.29, 0.717) is 31.5 Å². The van der Waals surface area contributed by atoms with Crippen LogP contribution in [0, 0.1) is 0 Å². The number of hydrogen-bond donors (Lipinski definition) is 1. The molecule has 0 bridgehead atoms. The minimum atomic E-state index is -0.426. The second-order valence-electron chi connectivity index (χ2n) is 6.78. The van der Waals surface area contributed by atoms with Crippen LogP contribution in [0.2, 0.25) is 0 Å². The van der Waals surface area contributed by atoms with Gasteiger partial charge in [-0.25, -0.2) is 4.79 Å². The van der Waals surface area contributed by atoms with E-state index in [9.17, 15) is 9.59 Å². The van der Waals surface area contributed by atoms with Crippen molar-refractivity contribution in [3.63, 3.8) is 0 Å². The number of ether oxygens (including phenoxy) is 1. The maximum Gasteiger partial charge on any atom is 0.407 e. The first kappa shape index (κ1) is 17.9. The summed E-state index contributed by atoms with van der Waals surface area (Å²) < 4.78 is 5.30. The molecule has 1 fully saturated rings. The highest BCUT2D eigenvalue weighted by Gasteiger charge is 2.33. The summed E-state index contributed by atoms with van der Waals surface area (Å²) in [5.74, 6) is 0.00102. The molecule has 0 unspecified atom stereocenters. The molecule has 3 rings (SSSR count). The molecule has 26 heavy (non-hydrogen) atoms. The number of carbonyl (C=O) groups excluding carboxylic acids is 2. The number of alkyl carbamates (subject to hydrolysis) is 1. The predicted molar refractivity (Wildman–Crippen MR) is 97.5 cm³/mol. The Kier molecular flexibility index (Phi) is 5.51. The zero-order valence-corrected chi connectivity index (χ0v) is 14.9. The van der Waals surface area contributed by atoms with Crippen LogP contribution in [-0.4, -0.2) is 40.5 Å². The summed E-state index contributed by atoms with van der Waals surface area (Å²) in [5.41, 5.74) is 1.22. The van der Waals surface area contributed by atoms with Crippen molar-refractivity contribution < 1.29 is 14.3 Å². The van der Waals surface area contributed by atoms with Crippen molar-refractivity contribution in [2.45, 2.75) is 31.9 Å². The number of carbonyl (C=O) groups is 2. The van der Waals surface area contributed by atoms with E-state index in [2.05, 4.69) is 10.3 Å². The van der Waals surface area contributed by atoms with Gasteiger partial charge in [0.1, 0.15) is 6.61 Å². The monoisotopic (exact) mass is 353 g/mol. The number of amides is 2. The van der Waals surface area contributed by atoms with Crippen LogP contribution in [0.25, 0.3) is 0 Å². The summed E-state index contributed by atoms with van der Waals surface area (Å²) in [4.78, 5) is 30.3. The quantitative estimate of drug-likeness (QED) is 0.917. The molecule has 0 aliphatic carbocycles. The molecular weight excluding hydrogens is 330 g/mol. The molecule has 1 N–H and O–H groups in total. The number of rotatable bonds is 4. The lowest BCUT2D eigenvalue weighted by atomic mass is 9.89. The van der Waals surface area contributed by atoms with Crippen LogP contribution in [0.5, 0.6) is 0 Å². The normalized spacial score (nSPS) is 16.0. The fraction of sp³-hybridized carbons (Fsp3) is 0.350. The standard InChI is InChI=1S/C20H23N3O3/c1-20(22-19(25)26-15-16-5-3-2-4-6-16)9-13-23(14-10-20)18(24)17-7-11-21-12-8-17/h2-8,11-12H,9-10,13-15H2,1H3,(H,22,25). The second-order valence-corrected chi connectivity index (χ2v) is 6.78. The van der Waals surface area contributed by atoms with Crippen LogP contribution in [0.1, 0.15) is 35.7 Å². The van der Waals surface area contributed by atoms with E-state index in [1.54, 1.807) is 24.5 Å². The van der Waals surface area contributed by atoms with E-state index in [1.807, 2.05) is 42.2 Å². The minimum Gasteiger partial charge on any atom is -0.445 e. The third-order valence-electron chi connectivity index (χ3n) is 4.70. The second kappa shape index (κ2) is 7.99. The van der Waals surface area contributed by atoms with Crippen molar-refractivity contribution >= 4 is 12.0 Å². The molecule has 1 aromatic heterocycles. The Labute approximate surface area is 153 Å². The Morgan fingerprint density at radius 3 is 2.42 bits per heavy atom. The average Bonchev–Trinajstić information content (AvgIpc) is 2.68. The van der Waals surface area contributed by atoms with Gasteiger partial charge in [-0.3, -0.25) is 9.78 Å². The molecule has 0 spiro atoms. The Morgan fingerprint density at radius 2 is 1.77 bits per heavy atom. The first-order chi connectivity index (χ1) is 12.6. The van der Waals surface area contributed by atoms with E-state index in [0.717, 1.165) is 5.56 Å². The van der Waals surface area contributed by atoms with Crippen LogP contribution < -0.4 is 5.32 Å². The van der Waals surface area contributed by atoms with Crippen molar-refractivity contribution in [2.75, 3.05) is 13.1 Å². The van der Waals surface area contributed by atoms with E-state index in [4.69, 9.17) is 4.74 Å². The van der Waals surface area contributed by atoms with Gasteiger partial charge in [0.15, 0.2) is 0 Å². The fourth-order valence-electron chi connectivity index (χ4n) is 3.01. The van der Waals surface area contributed by atoms with E-state index >= 15 is 0 Å². The molecule has 1 aliphatic rings. The fourth-order valence-corrected chi connectivity index (χ4v) is 3.01. The molecule has 6 heteroatoms. The highest BCUT2D eigenvalue weighted by atomic mass is 16.5. The highest BCUT2D eigenvalue weighted by Crippen LogP contribution is 2.23. The number of nitrogens with one attached hydrogen (secondary N) is 1. The van der Waals surface area contributed by atoms with Crippen molar-refractivity contribution in [1.82, 2.24) is 15.2 Å². The Hall–Kier alpha value is -2.89. The van der Waals surface area contributed by atoms with E-state index < -0.39 is 6.09 Å². The lowest BCUT2D eigenvalue weighted by Gasteiger charge is -2.39. The number of likely N-dealkylation sites (tertiary alicyclic amines) is 1. The summed E-state index contributed by atoms with van der Waals surface area (Å²) in [6, 6.07) is 13.0. The Morgan fingerprint density at radius 1 is 1.12 bits per heavy atom. The molecule has 1 saturated heterocycles. The Bertz CT molecular complexity index is 741. The van der Waals surface area contributed by atoms with Crippen molar-refractivity contribution in [3.05, 3.63) is 66.0 Å². The Balaban J connectivity index is 1.48. The summed E-state index contributed by atoms with van der Waals surface area (Å²) in [6.07, 6.45) is 4.18. The SMILES string of the molecule is CC1(NC(=O)OCc2ccccc2)CCN(C(=O)c2ccncc2)CC1. The molecule has 6 nitrogen and oxygen atoms in total. The van der Waals surface area contributed by atoms with Crippen molar-refractivity contribution in [2.24, 2.45) is 0 Å². The molecule has 0 saturated carbocycles. The van der Waals surface area contributed by atoms with E-state index in [1.165, 1.54) is 0 Å². The number of benzene rings is 1. The third kappa shape index (κ3) is 4.59. The zero-order chi connectivity index (χ0) is 18.4. The first-order valence-corrected chi connectivity index (χ1v) is 8.74. The molecule has 1 aromatic carbocycles. The van der Waals surface area contributed by atoms with Gasteiger partial charge in [-0.05, 0) is 37.5 Å². The molecule has 0 radical (unpaired) electrons. The van der Waals surface area contributed by atoms with Gasteiger partial charge >= 0.3 is 6.09 Å². The van der Waals surface area contributed by atoms with Crippen LogP contribution in [-0.2, 0) is 11.3 Å². The van der Waals surface area contributed by atoms with Gasteiger partial charge in [0, 0.05) is 36.6 Å². The highest BCUT2D eigenvalue weighted by molar-refractivity contribution is 5.94. The average molecular weight is 353 g/mol. The van der Waals surface area contributed by atoms with Crippen LogP contribution in [0.4, 0.5) is 4.79 Å². The maximum absolute atomic E-state index is 12.5. The number of nitrogens with zero attached hydrogens (tertiary/aromatic N) is 2. The molecule has 136 valence electrons. The lowest BCUT2D eigenvalue weighted by Crippen LogP contribution is -2.54. The van der Waals surface area contributed by atoms with Crippen molar-refractivity contribution in [3.8, 4) is 0 Å². The predicted octanol–water partition coefficient (Wildman–Crippen LogP) is 3.00. The number of aromatic nitrogens is 1. The van der Waals surface area contributed by atoms with Crippen LogP contribution in [0.15, 0.2) is 54.9 Å². The van der Waals surface area contributed by atoms with Gasteiger partial charge < -0.3 is 15.0 Å². The number of hydrogen-bond acceptors (Lipinski definition) is 4. The van der Waals surface area contributed by atoms with E-state index in [-0.39, 0.29) is 18.1 Å². The molecule has 0 atom stereocenters. The van der Waals surface area contributed by atoms with Gasteiger partial charge in [-0.2, -0.15) is 0 Å². The lowest BCUT2D eigenvalue weighted by molar-refractivity contribution is 0.0642. The minimum absolute atomic E-state index is 0.00102. The molecule has 2 amide bonds. The van der Waals surface area contributed by atoms with Gasteiger partial charge in [-0.1, -0.05) is 30.3 Å². The van der Waals surface area contributed by atoms with Gasteiger partial charge in [0.05, 0.1) is 0 Å². The largest absolute Gasteiger partial charge is 0.445 e. The molecule has 1 aliphatic heterocycles. The summed E-state index contributed by atoms with van der Waals surface area (Å²) in [7, 11) is 0. The molecule has 2 aromatic rings. The van der Waals surface area contributed by atoms with Gasteiger partial charge in [0.2, 0.25) is 0 Å². The topological polar surface area (TPSA) is 71.5 Å². The van der Waals surface area contributed by atoms with Crippen LogP contribution in [0.3, 0.4) is 0 Å². The summed E-state index contributed by atoms with van der Waals surface area (Å²) >= 11 is 0. The van der Waals surface area contributed by atoms with Crippen molar-refractivity contribution in [1.29, 1.82) is 0 Å². The molecule has 2 heterocycles. The smallest absolute Gasteiger partial charge is 0.407 e. The number of pyridine rings is 1. The van der Waals surface area contributed by atoms with Gasteiger partial charge in [0.25, 0.3) is 5.91 Å². The third-order valence-corrected chi connectivity index (χ3v) is 4.70. The first-order valence-electron chi connectivity index (χ1n) is 8.74. The maximum atomic E-state index is 12.5.